The van der Waals surface area contributed by atoms with Crippen molar-refractivity contribution in [2.24, 2.45) is 4.99 Å². The summed E-state index contributed by atoms with van der Waals surface area (Å²) in [5.41, 5.74) is 1.33. The number of aromatic hydroxyl groups is 1. The van der Waals surface area contributed by atoms with Crippen molar-refractivity contribution in [1.29, 1.82) is 0 Å². The van der Waals surface area contributed by atoms with Gasteiger partial charge in [-0.15, -0.1) is 0 Å². The van der Waals surface area contributed by atoms with Crippen LogP contribution in [-0.4, -0.2) is 75.8 Å². The summed E-state index contributed by atoms with van der Waals surface area (Å²) < 4.78 is 15.0. The lowest BCUT2D eigenvalue weighted by molar-refractivity contribution is -0.128. The molecule has 1 aromatic carbocycles. The van der Waals surface area contributed by atoms with E-state index in [0.29, 0.717) is 48.8 Å². The maximum atomic E-state index is 15.0. The molecule has 0 aliphatic carbocycles. The number of piperazine rings is 1. The molecular formula is C30H32ClFN6O3. The number of anilines is 2. The van der Waals surface area contributed by atoms with Crippen LogP contribution in [0.4, 0.5) is 15.9 Å². The van der Waals surface area contributed by atoms with E-state index in [0.717, 1.165) is 0 Å². The fourth-order valence-corrected chi connectivity index (χ4v) is 5.28. The van der Waals surface area contributed by atoms with Gasteiger partial charge < -0.3 is 14.9 Å². The predicted octanol–water partition coefficient (Wildman–Crippen LogP) is 5.15. The number of carbonyl (C=O) groups is 2. The van der Waals surface area contributed by atoms with Gasteiger partial charge in [-0.05, 0) is 49.2 Å². The Labute approximate surface area is 243 Å². The van der Waals surface area contributed by atoms with E-state index in [-0.39, 0.29) is 45.7 Å². The molecule has 11 heteroatoms. The molecule has 0 bridgehead atoms. The molecule has 1 atom stereocenters. The van der Waals surface area contributed by atoms with Crippen LogP contribution in [0.15, 0.2) is 60.2 Å². The van der Waals surface area contributed by atoms with Gasteiger partial charge >= 0.3 is 0 Å². The van der Waals surface area contributed by atoms with E-state index in [4.69, 9.17) is 16.6 Å². The SMILES string of the molecule is C=CC(=O)N1CCN(C(=NC)c2cc(Cl)c(-c3c(O)cccc3F)nc2N(C=O)c2cccnc2C(C)C)C(C)C1. The molecule has 1 saturated heterocycles. The number of phenolic OH excluding ortho intramolecular Hbond substituents is 1. The summed E-state index contributed by atoms with van der Waals surface area (Å²) in [5.74, 6) is -0.639. The number of carbonyl (C=O) groups excluding carboxylic acids is 2. The molecule has 214 valence electrons. The van der Waals surface area contributed by atoms with Crippen molar-refractivity contribution < 1.29 is 19.1 Å². The second kappa shape index (κ2) is 12.5. The third-order valence-electron chi connectivity index (χ3n) is 6.98. The molecule has 1 aliphatic heterocycles. The van der Waals surface area contributed by atoms with E-state index in [1.54, 1.807) is 36.3 Å². The van der Waals surface area contributed by atoms with Gasteiger partial charge in [0.05, 0.1) is 33.2 Å². The zero-order valence-electron chi connectivity index (χ0n) is 23.4. The van der Waals surface area contributed by atoms with Gasteiger partial charge in [0.1, 0.15) is 17.4 Å². The standard InChI is InChI=1S/C30H32ClFN6O3/c1-6-25(41)36-13-14-37(19(4)16-36)29(33-5)20-15-21(31)28(26-22(32)9-7-11-24(26)40)35-30(20)38(17-39)23-10-8-12-34-27(23)18(2)3/h6-12,15,17-19,40H,1,13-14,16H2,2-5H3. The maximum absolute atomic E-state index is 15.0. The molecule has 4 rings (SSSR count). The van der Waals surface area contributed by atoms with Gasteiger partial charge in [-0.25, -0.2) is 9.37 Å². The molecule has 1 unspecified atom stereocenters. The second-order valence-electron chi connectivity index (χ2n) is 9.94. The summed E-state index contributed by atoms with van der Waals surface area (Å²) in [7, 11) is 1.62. The van der Waals surface area contributed by atoms with Crippen LogP contribution >= 0.6 is 11.6 Å². The number of aromatic nitrogens is 2. The lowest BCUT2D eigenvalue weighted by Crippen LogP contribution is -2.55. The van der Waals surface area contributed by atoms with Crippen molar-refractivity contribution in [3.63, 3.8) is 0 Å². The molecule has 1 fully saturated rings. The molecule has 2 amide bonds. The van der Waals surface area contributed by atoms with Gasteiger partial charge in [-0.1, -0.05) is 38.1 Å². The van der Waals surface area contributed by atoms with Crippen molar-refractivity contribution in [1.82, 2.24) is 19.8 Å². The minimum Gasteiger partial charge on any atom is -0.507 e. The maximum Gasteiger partial charge on any atom is 0.246 e. The highest BCUT2D eigenvalue weighted by molar-refractivity contribution is 6.33. The lowest BCUT2D eigenvalue weighted by Gasteiger charge is -2.41. The average Bonchev–Trinajstić information content (AvgIpc) is 2.95. The van der Waals surface area contributed by atoms with Gasteiger partial charge in [-0.2, -0.15) is 0 Å². The Morgan fingerprint density at radius 1 is 1.29 bits per heavy atom. The minimum absolute atomic E-state index is 0.0331. The van der Waals surface area contributed by atoms with E-state index in [2.05, 4.69) is 16.6 Å². The molecule has 1 N–H and O–H groups in total. The Balaban J connectivity index is 1.95. The van der Waals surface area contributed by atoms with E-state index in [1.165, 1.54) is 29.2 Å². The van der Waals surface area contributed by atoms with Gasteiger partial charge in [-0.3, -0.25) is 24.5 Å². The smallest absolute Gasteiger partial charge is 0.246 e. The van der Waals surface area contributed by atoms with Crippen molar-refractivity contribution >= 4 is 41.3 Å². The number of amides is 2. The van der Waals surface area contributed by atoms with Gasteiger partial charge in [0.15, 0.2) is 5.82 Å². The second-order valence-corrected chi connectivity index (χ2v) is 10.3. The number of amidine groups is 1. The number of hydrogen-bond acceptors (Lipinski definition) is 6. The first kappa shape index (κ1) is 29.7. The van der Waals surface area contributed by atoms with E-state index >= 15 is 0 Å². The third kappa shape index (κ3) is 5.78. The Kier molecular flexibility index (Phi) is 9.02. The quantitative estimate of drug-likeness (QED) is 0.180. The fraction of sp³-hybridized carbons (Fsp3) is 0.300. The zero-order chi connectivity index (χ0) is 29.8. The Morgan fingerprint density at radius 2 is 2.05 bits per heavy atom. The number of nitrogens with zero attached hydrogens (tertiary/aromatic N) is 6. The number of hydrogen-bond donors (Lipinski definition) is 1. The van der Waals surface area contributed by atoms with Crippen LogP contribution in [0.1, 0.15) is 37.9 Å². The molecule has 0 saturated carbocycles. The number of benzene rings is 1. The van der Waals surface area contributed by atoms with Crippen LogP contribution in [0, 0.1) is 5.82 Å². The normalized spacial score (nSPS) is 15.7. The van der Waals surface area contributed by atoms with Crippen molar-refractivity contribution in [3.05, 3.63) is 77.3 Å². The first-order valence-electron chi connectivity index (χ1n) is 13.2. The summed E-state index contributed by atoms with van der Waals surface area (Å²) in [6, 6.07) is 8.79. The third-order valence-corrected chi connectivity index (χ3v) is 7.27. The highest BCUT2D eigenvalue weighted by Crippen LogP contribution is 2.40. The number of rotatable bonds is 7. The summed E-state index contributed by atoms with van der Waals surface area (Å²) in [4.78, 5) is 43.9. The molecule has 0 radical (unpaired) electrons. The summed E-state index contributed by atoms with van der Waals surface area (Å²) in [6.45, 7) is 10.8. The van der Waals surface area contributed by atoms with E-state index in [9.17, 15) is 19.1 Å². The van der Waals surface area contributed by atoms with Crippen molar-refractivity contribution in [2.75, 3.05) is 31.6 Å². The molecule has 41 heavy (non-hydrogen) atoms. The van der Waals surface area contributed by atoms with Crippen LogP contribution in [0.3, 0.4) is 0 Å². The topological polar surface area (TPSA) is 102 Å². The number of aliphatic imine (C=N–C) groups is 1. The summed E-state index contributed by atoms with van der Waals surface area (Å²) >= 11 is 6.72. The highest BCUT2D eigenvalue weighted by Gasteiger charge is 2.32. The lowest BCUT2D eigenvalue weighted by atomic mass is 10.0. The van der Waals surface area contributed by atoms with Crippen molar-refractivity contribution in [3.8, 4) is 17.0 Å². The number of halogens is 2. The summed E-state index contributed by atoms with van der Waals surface area (Å²) in [5, 5.41) is 10.6. The Morgan fingerprint density at radius 3 is 2.66 bits per heavy atom. The van der Waals surface area contributed by atoms with Crippen LogP contribution in [0.5, 0.6) is 5.75 Å². The molecule has 1 aliphatic rings. The average molecular weight is 579 g/mol. The van der Waals surface area contributed by atoms with E-state index < -0.39 is 5.82 Å². The zero-order valence-corrected chi connectivity index (χ0v) is 24.1. The number of pyridine rings is 2. The first-order valence-corrected chi connectivity index (χ1v) is 13.5. The van der Waals surface area contributed by atoms with Crippen LogP contribution in [0.25, 0.3) is 11.3 Å². The molecule has 3 aromatic rings. The Hall–Kier alpha value is -4.31. The highest BCUT2D eigenvalue weighted by atomic mass is 35.5. The molecule has 9 nitrogen and oxygen atoms in total. The first-order chi connectivity index (χ1) is 19.6. The van der Waals surface area contributed by atoms with Crippen molar-refractivity contribution in [2.45, 2.75) is 32.7 Å². The molecule has 2 aromatic heterocycles. The van der Waals surface area contributed by atoms with Crippen LogP contribution in [-0.2, 0) is 9.59 Å². The van der Waals surface area contributed by atoms with Crippen LogP contribution < -0.4 is 4.90 Å². The molecule has 3 heterocycles. The fourth-order valence-electron chi connectivity index (χ4n) is 5.03. The summed E-state index contributed by atoms with van der Waals surface area (Å²) in [6.07, 6.45) is 3.55. The van der Waals surface area contributed by atoms with E-state index in [1.807, 2.05) is 25.7 Å². The predicted molar refractivity (Wildman–Crippen MR) is 158 cm³/mol. The monoisotopic (exact) mass is 578 g/mol. The molecule has 0 spiro atoms. The number of phenols is 1. The largest absolute Gasteiger partial charge is 0.507 e. The Bertz CT molecular complexity index is 1490. The van der Waals surface area contributed by atoms with Gasteiger partial charge in [0.2, 0.25) is 12.3 Å². The minimum atomic E-state index is -0.721. The van der Waals surface area contributed by atoms with Crippen LogP contribution in [0.2, 0.25) is 5.02 Å². The molecular weight excluding hydrogens is 547 g/mol. The van der Waals surface area contributed by atoms with Gasteiger partial charge in [0, 0.05) is 38.9 Å². The van der Waals surface area contributed by atoms with Gasteiger partial charge in [0.25, 0.3) is 0 Å².